The third-order valence-corrected chi connectivity index (χ3v) is 5.98. The van der Waals surface area contributed by atoms with Gasteiger partial charge < -0.3 is 9.47 Å². The van der Waals surface area contributed by atoms with Gasteiger partial charge in [-0.25, -0.2) is 4.79 Å². The van der Waals surface area contributed by atoms with E-state index in [1.54, 1.807) is 0 Å². The first kappa shape index (κ1) is 20.8. The molecule has 0 saturated carbocycles. The van der Waals surface area contributed by atoms with Crippen molar-refractivity contribution < 1.29 is 14.3 Å². The number of carbonyl (C=O) groups excluding carboxylic acids is 1. The van der Waals surface area contributed by atoms with Crippen LogP contribution in [0.5, 0.6) is 5.75 Å². The number of hydrogen-bond donors (Lipinski definition) is 0. The Morgan fingerprint density at radius 1 is 0.848 bits per heavy atom. The predicted molar refractivity (Wildman–Crippen MR) is 133 cm³/mol. The number of rotatable bonds is 5. The normalized spacial score (nSPS) is 14.4. The van der Waals surface area contributed by atoms with Crippen LogP contribution in [0.4, 0.5) is 0 Å². The monoisotopic (exact) mass is 432 g/mol. The second-order valence-electron chi connectivity index (χ2n) is 8.27. The van der Waals surface area contributed by atoms with Crippen LogP contribution in [0.3, 0.4) is 0 Å². The summed E-state index contributed by atoms with van der Waals surface area (Å²) in [5, 5.41) is 2.11. The summed E-state index contributed by atoms with van der Waals surface area (Å²) in [6, 6.07) is 28.2. The van der Waals surface area contributed by atoms with E-state index in [-0.39, 0.29) is 5.97 Å². The third-order valence-electron chi connectivity index (χ3n) is 5.98. The minimum absolute atomic E-state index is 0.356. The fourth-order valence-corrected chi connectivity index (χ4v) is 3.97. The maximum Gasteiger partial charge on any atom is 0.343 e. The van der Waals surface area contributed by atoms with Gasteiger partial charge in [-0.1, -0.05) is 72.8 Å². The van der Waals surface area contributed by atoms with Gasteiger partial charge in [-0.05, 0) is 65.6 Å². The molecule has 0 saturated heterocycles. The number of aryl methyl sites for hydroxylation is 2. The Balaban J connectivity index is 1.55. The van der Waals surface area contributed by atoms with E-state index in [0.717, 1.165) is 38.8 Å². The van der Waals surface area contributed by atoms with Crippen molar-refractivity contribution in [3.8, 4) is 5.75 Å². The van der Waals surface area contributed by atoms with E-state index in [9.17, 15) is 4.79 Å². The summed E-state index contributed by atoms with van der Waals surface area (Å²) < 4.78 is 11.8. The Morgan fingerprint density at radius 2 is 1.64 bits per heavy atom. The highest BCUT2D eigenvalue weighted by atomic mass is 16.5. The molecule has 0 fully saturated rings. The van der Waals surface area contributed by atoms with Gasteiger partial charge in [0.2, 0.25) is 0 Å². The Labute approximate surface area is 193 Å². The Hall–Kier alpha value is -4.11. The molecule has 3 nitrogen and oxygen atoms in total. The zero-order chi connectivity index (χ0) is 22.8. The molecular formula is C30H24O3. The van der Waals surface area contributed by atoms with Gasteiger partial charge in [0.05, 0.1) is 5.57 Å². The lowest BCUT2D eigenvalue weighted by Crippen LogP contribution is -2.00. The van der Waals surface area contributed by atoms with Gasteiger partial charge in [-0.2, -0.15) is 0 Å². The van der Waals surface area contributed by atoms with Crippen molar-refractivity contribution in [2.75, 3.05) is 0 Å². The highest BCUT2D eigenvalue weighted by Crippen LogP contribution is 2.34. The van der Waals surface area contributed by atoms with Gasteiger partial charge in [0.1, 0.15) is 18.1 Å². The van der Waals surface area contributed by atoms with E-state index in [1.165, 1.54) is 5.56 Å². The van der Waals surface area contributed by atoms with Gasteiger partial charge >= 0.3 is 5.97 Å². The number of benzene rings is 4. The number of fused-ring (bicyclic) bond motifs is 1. The summed E-state index contributed by atoms with van der Waals surface area (Å²) in [6.45, 7) is 4.57. The van der Waals surface area contributed by atoms with Crippen LogP contribution in [0.25, 0.3) is 22.6 Å². The molecule has 0 aromatic heterocycles. The van der Waals surface area contributed by atoms with Crippen LogP contribution in [-0.4, -0.2) is 5.97 Å². The van der Waals surface area contributed by atoms with Gasteiger partial charge in [0.25, 0.3) is 0 Å². The molecule has 33 heavy (non-hydrogen) atoms. The van der Waals surface area contributed by atoms with Crippen LogP contribution in [0.2, 0.25) is 0 Å². The molecule has 0 amide bonds. The van der Waals surface area contributed by atoms with Crippen LogP contribution in [0.1, 0.15) is 27.8 Å². The minimum atomic E-state index is -0.356. The van der Waals surface area contributed by atoms with Crippen LogP contribution in [0.15, 0.2) is 96.6 Å². The molecule has 0 atom stereocenters. The van der Waals surface area contributed by atoms with E-state index in [1.807, 2.05) is 91.0 Å². The zero-order valence-corrected chi connectivity index (χ0v) is 18.7. The van der Waals surface area contributed by atoms with Crippen LogP contribution in [0, 0.1) is 13.8 Å². The van der Waals surface area contributed by atoms with Crippen LogP contribution in [-0.2, 0) is 16.1 Å². The second-order valence-corrected chi connectivity index (χ2v) is 8.27. The lowest BCUT2D eigenvalue weighted by molar-refractivity contribution is -0.130. The average Bonchev–Trinajstić information content (AvgIpc) is 3.21. The predicted octanol–water partition coefficient (Wildman–Crippen LogP) is 7.02. The molecule has 162 valence electrons. The molecule has 0 bridgehead atoms. The average molecular weight is 433 g/mol. The molecule has 5 rings (SSSR count). The van der Waals surface area contributed by atoms with E-state index in [0.29, 0.717) is 17.9 Å². The van der Waals surface area contributed by atoms with Gasteiger partial charge in [0, 0.05) is 11.1 Å². The van der Waals surface area contributed by atoms with E-state index in [4.69, 9.17) is 9.47 Å². The maximum absolute atomic E-state index is 12.8. The van der Waals surface area contributed by atoms with Crippen molar-refractivity contribution in [2.24, 2.45) is 0 Å². The van der Waals surface area contributed by atoms with Gasteiger partial charge in [0.15, 0.2) is 0 Å². The first-order valence-electron chi connectivity index (χ1n) is 11.0. The second kappa shape index (κ2) is 8.79. The Kier molecular flexibility index (Phi) is 5.54. The SMILES string of the molecule is Cc1ccc(C2=C/C(=C\c3c(OCc4ccccc4)ccc4ccccc34)C(=O)O2)cc1C. The summed E-state index contributed by atoms with van der Waals surface area (Å²) in [5.74, 6) is 0.942. The summed E-state index contributed by atoms with van der Waals surface area (Å²) in [6.07, 6.45) is 3.69. The first-order valence-corrected chi connectivity index (χ1v) is 11.0. The molecule has 0 radical (unpaired) electrons. The van der Waals surface area contributed by atoms with E-state index in [2.05, 4.69) is 19.9 Å². The van der Waals surface area contributed by atoms with Crippen molar-refractivity contribution in [3.63, 3.8) is 0 Å². The first-order chi connectivity index (χ1) is 16.1. The molecule has 0 N–H and O–H groups in total. The largest absolute Gasteiger partial charge is 0.488 e. The summed E-state index contributed by atoms with van der Waals surface area (Å²) in [7, 11) is 0. The van der Waals surface area contributed by atoms with Crippen molar-refractivity contribution in [1.29, 1.82) is 0 Å². The van der Waals surface area contributed by atoms with Crippen molar-refractivity contribution in [3.05, 3.63) is 124 Å². The molecule has 0 spiro atoms. The van der Waals surface area contributed by atoms with Crippen molar-refractivity contribution in [1.82, 2.24) is 0 Å². The number of ether oxygens (including phenoxy) is 2. The lowest BCUT2D eigenvalue weighted by Gasteiger charge is -2.12. The zero-order valence-electron chi connectivity index (χ0n) is 18.7. The third kappa shape index (κ3) is 4.31. The number of carbonyl (C=O) groups is 1. The van der Waals surface area contributed by atoms with Crippen LogP contribution >= 0.6 is 0 Å². The number of esters is 1. The van der Waals surface area contributed by atoms with Crippen LogP contribution < -0.4 is 4.74 Å². The minimum Gasteiger partial charge on any atom is -0.488 e. The quantitative estimate of drug-likeness (QED) is 0.251. The molecule has 1 aliphatic rings. The maximum atomic E-state index is 12.8. The Bertz CT molecular complexity index is 1410. The fourth-order valence-electron chi connectivity index (χ4n) is 3.97. The standard InChI is InChI=1S/C30H24O3/c1-20-12-13-24(16-21(20)2)29-18-25(30(31)33-29)17-27-26-11-7-6-10-23(26)14-15-28(27)32-19-22-8-4-3-5-9-22/h3-18H,19H2,1-2H3/b25-17+. The summed E-state index contributed by atoms with van der Waals surface area (Å²) in [5.41, 5.74) is 5.72. The number of cyclic esters (lactones) is 1. The van der Waals surface area contributed by atoms with E-state index < -0.39 is 0 Å². The molecule has 4 aromatic rings. The molecule has 3 heteroatoms. The molecule has 0 unspecified atom stereocenters. The molecule has 0 aliphatic carbocycles. The van der Waals surface area contributed by atoms with Gasteiger partial charge in [-0.15, -0.1) is 0 Å². The van der Waals surface area contributed by atoms with Crippen molar-refractivity contribution in [2.45, 2.75) is 20.5 Å². The number of hydrogen-bond acceptors (Lipinski definition) is 3. The molecule has 1 heterocycles. The summed E-state index contributed by atoms with van der Waals surface area (Å²) in [4.78, 5) is 12.8. The smallest absolute Gasteiger partial charge is 0.343 e. The Morgan fingerprint density at radius 3 is 2.45 bits per heavy atom. The van der Waals surface area contributed by atoms with E-state index >= 15 is 0 Å². The topological polar surface area (TPSA) is 35.5 Å². The lowest BCUT2D eigenvalue weighted by atomic mass is 10.0. The fraction of sp³-hybridized carbons (Fsp3) is 0.100. The molecular weight excluding hydrogens is 408 g/mol. The highest BCUT2D eigenvalue weighted by molar-refractivity contribution is 6.07. The van der Waals surface area contributed by atoms with Gasteiger partial charge in [-0.3, -0.25) is 0 Å². The summed E-state index contributed by atoms with van der Waals surface area (Å²) >= 11 is 0. The highest BCUT2D eigenvalue weighted by Gasteiger charge is 2.23. The molecule has 4 aromatic carbocycles. The van der Waals surface area contributed by atoms with Crippen molar-refractivity contribution >= 4 is 28.6 Å². The molecule has 1 aliphatic heterocycles.